The fourth-order valence-corrected chi connectivity index (χ4v) is 3.26. The summed E-state index contributed by atoms with van der Waals surface area (Å²) in [7, 11) is 0. The fourth-order valence-electron chi connectivity index (χ4n) is 3.07. The van der Waals surface area contributed by atoms with Gasteiger partial charge in [-0.1, -0.05) is 35.9 Å². The number of hydrogen-bond acceptors (Lipinski definition) is 3. The van der Waals surface area contributed by atoms with Crippen LogP contribution in [0.25, 0.3) is 10.8 Å². The predicted octanol–water partition coefficient (Wildman–Crippen LogP) is 4.18. The van der Waals surface area contributed by atoms with E-state index in [0.29, 0.717) is 6.04 Å². The highest BCUT2D eigenvalue weighted by atomic mass is 35.5. The van der Waals surface area contributed by atoms with E-state index < -0.39 is 0 Å². The standard InChI is InChI=1S/C19H18ClN3/c20-19-4-2-1-3-16(19)11-23-12-18(13-23)22-17-6-5-15-10-21-8-7-14(15)9-17/h1-10,18,22H,11-13H2. The summed E-state index contributed by atoms with van der Waals surface area (Å²) in [5.41, 5.74) is 2.37. The normalized spacial score (nSPS) is 15.5. The van der Waals surface area contributed by atoms with Gasteiger partial charge in [-0.15, -0.1) is 0 Å². The van der Waals surface area contributed by atoms with E-state index in [1.807, 2.05) is 36.7 Å². The zero-order valence-corrected chi connectivity index (χ0v) is 13.5. The summed E-state index contributed by atoms with van der Waals surface area (Å²) in [6.07, 6.45) is 3.73. The molecule has 116 valence electrons. The minimum Gasteiger partial charge on any atom is -0.380 e. The third kappa shape index (κ3) is 3.16. The summed E-state index contributed by atoms with van der Waals surface area (Å²) in [4.78, 5) is 6.56. The van der Waals surface area contributed by atoms with Gasteiger partial charge >= 0.3 is 0 Å². The van der Waals surface area contributed by atoms with Crippen molar-refractivity contribution in [2.24, 2.45) is 0 Å². The summed E-state index contributed by atoms with van der Waals surface area (Å²) >= 11 is 6.22. The van der Waals surface area contributed by atoms with Crippen molar-refractivity contribution in [1.82, 2.24) is 9.88 Å². The molecule has 0 aliphatic carbocycles. The van der Waals surface area contributed by atoms with Crippen molar-refractivity contribution in [1.29, 1.82) is 0 Å². The number of rotatable bonds is 4. The van der Waals surface area contributed by atoms with E-state index in [9.17, 15) is 0 Å². The monoisotopic (exact) mass is 323 g/mol. The first-order valence-corrected chi connectivity index (χ1v) is 8.22. The Morgan fingerprint density at radius 3 is 2.83 bits per heavy atom. The number of benzene rings is 2. The molecule has 1 fully saturated rings. The van der Waals surface area contributed by atoms with E-state index in [-0.39, 0.29) is 0 Å². The van der Waals surface area contributed by atoms with Crippen molar-refractivity contribution in [3.8, 4) is 0 Å². The molecule has 0 atom stereocenters. The van der Waals surface area contributed by atoms with Crippen LogP contribution in [0.3, 0.4) is 0 Å². The zero-order valence-electron chi connectivity index (χ0n) is 12.7. The van der Waals surface area contributed by atoms with E-state index in [1.165, 1.54) is 22.0 Å². The first-order chi connectivity index (χ1) is 11.3. The second-order valence-electron chi connectivity index (χ2n) is 6.06. The maximum Gasteiger partial charge on any atom is 0.0515 e. The number of aromatic nitrogens is 1. The molecule has 1 saturated heterocycles. The SMILES string of the molecule is Clc1ccccc1CN1CC(Nc2ccc3cnccc3c2)C1. The van der Waals surface area contributed by atoms with Gasteiger partial charge < -0.3 is 5.32 Å². The molecule has 1 aliphatic heterocycles. The van der Waals surface area contributed by atoms with E-state index in [1.54, 1.807) is 0 Å². The molecular formula is C19H18ClN3. The summed E-state index contributed by atoms with van der Waals surface area (Å²) in [6.45, 7) is 3.00. The quantitative estimate of drug-likeness (QED) is 0.780. The zero-order chi connectivity index (χ0) is 15.6. The highest BCUT2D eigenvalue weighted by Crippen LogP contribution is 2.23. The van der Waals surface area contributed by atoms with Gasteiger partial charge in [0.1, 0.15) is 0 Å². The van der Waals surface area contributed by atoms with Crippen LogP contribution in [0, 0.1) is 0 Å². The highest BCUT2D eigenvalue weighted by molar-refractivity contribution is 6.31. The summed E-state index contributed by atoms with van der Waals surface area (Å²) < 4.78 is 0. The molecule has 1 aliphatic rings. The van der Waals surface area contributed by atoms with Crippen LogP contribution in [0.5, 0.6) is 0 Å². The molecule has 3 nitrogen and oxygen atoms in total. The minimum atomic E-state index is 0.497. The van der Waals surface area contributed by atoms with Gasteiger partial charge in [0.25, 0.3) is 0 Å². The van der Waals surface area contributed by atoms with Crippen molar-refractivity contribution in [3.05, 3.63) is 71.5 Å². The smallest absolute Gasteiger partial charge is 0.0515 e. The molecule has 1 aromatic heterocycles. The van der Waals surface area contributed by atoms with E-state index in [2.05, 4.69) is 39.5 Å². The molecule has 0 spiro atoms. The molecule has 3 aromatic rings. The van der Waals surface area contributed by atoms with E-state index in [4.69, 9.17) is 11.6 Å². The molecule has 0 radical (unpaired) electrons. The van der Waals surface area contributed by atoms with Gasteiger partial charge in [0.2, 0.25) is 0 Å². The Labute approximate surface area is 140 Å². The molecule has 1 N–H and O–H groups in total. The number of pyridine rings is 1. The molecule has 2 aromatic carbocycles. The van der Waals surface area contributed by atoms with Gasteiger partial charge in [0.15, 0.2) is 0 Å². The number of hydrogen-bond donors (Lipinski definition) is 1. The van der Waals surface area contributed by atoms with Crippen molar-refractivity contribution in [3.63, 3.8) is 0 Å². The Balaban J connectivity index is 1.36. The molecule has 0 saturated carbocycles. The van der Waals surface area contributed by atoms with Gasteiger partial charge in [0.05, 0.1) is 6.04 Å². The average molecular weight is 324 g/mol. The first kappa shape index (κ1) is 14.5. The summed E-state index contributed by atoms with van der Waals surface area (Å²) in [5.74, 6) is 0. The Bertz CT molecular complexity index is 827. The molecular weight excluding hydrogens is 306 g/mol. The lowest BCUT2D eigenvalue weighted by molar-refractivity contribution is 0.153. The van der Waals surface area contributed by atoms with Crippen LogP contribution in [0.2, 0.25) is 5.02 Å². The van der Waals surface area contributed by atoms with Crippen molar-refractivity contribution >= 4 is 28.1 Å². The number of nitrogens with zero attached hydrogens (tertiary/aromatic N) is 2. The van der Waals surface area contributed by atoms with Crippen LogP contribution in [-0.4, -0.2) is 29.0 Å². The minimum absolute atomic E-state index is 0.497. The predicted molar refractivity (Wildman–Crippen MR) is 95.9 cm³/mol. The summed E-state index contributed by atoms with van der Waals surface area (Å²) in [5, 5.41) is 6.85. The van der Waals surface area contributed by atoms with Crippen LogP contribution in [0.15, 0.2) is 60.9 Å². The maximum atomic E-state index is 6.22. The van der Waals surface area contributed by atoms with Gasteiger partial charge in [0, 0.05) is 48.1 Å². The average Bonchev–Trinajstić information content (AvgIpc) is 2.54. The van der Waals surface area contributed by atoms with Gasteiger partial charge in [-0.25, -0.2) is 0 Å². The van der Waals surface area contributed by atoms with Gasteiger partial charge in [-0.05, 0) is 35.2 Å². The molecule has 4 heteroatoms. The molecule has 0 amide bonds. The Morgan fingerprint density at radius 1 is 1.09 bits per heavy atom. The Hall–Kier alpha value is -2.10. The molecule has 4 rings (SSSR count). The number of fused-ring (bicyclic) bond motifs is 1. The number of halogens is 1. The van der Waals surface area contributed by atoms with E-state index in [0.717, 1.165) is 24.7 Å². The lowest BCUT2D eigenvalue weighted by Crippen LogP contribution is -2.54. The third-order valence-electron chi connectivity index (χ3n) is 4.32. The van der Waals surface area contributed by atoms with Crippen LogP contribution in [0.1, 0.15) is 5.56 Å². The lowest BCUT2D eigenvalue weighted by Gasteiger charge is -2.40. The summed E-state index contributed by atoms with van der Waals surface area (Å²) in [6, 6.07) is 17.0. The topological polar surface area (TPSA) is 28.2 Å². The van der Waals surface area contributed by atoms with Crippen LogP contribution in [-0.2, 0) is 6.54 Å². The van der Waals surface area contributed by atoms with Crippen LogP contribution >= 0.6 is 11.6 Å². The third-order valence-corrected chi connectivity index (χ3v) is 4.69. The fraction of sp³-hybridized carbons (Fsp3) is 0.211. The molecule has 0 bridgehead atoms. The van der Waals surface area contributed by atoms with Crippen LogP contribution in [0.4, 0.5) is 5.69 Å². The first-order valence-electron chi connectivity index (χ1n) is 7.84. The molecule has 2 heterocycles. The van der Waals surface area contributed by atoms with E-state index >= 15 is 0 Å². The van der Waals surface area contributed by atoms with Crippen molar-refractivity contribution in [2.45, 2.75) is 12.6 Å². The lowest BCUT2D eigenvalue weighted by atomic mass is 10.1. The van der Waals surface area contributed by atoms with Crippen molar-refractivity contribution < 1.29 is 0 Å². The number of likely N-dealkylation sites (tertiary alicyclic amines) is 1. The molecule has 0 unspecified atom stereocenters. The second kappa shape index (κ2) is 6.19. The number of anilines is 1. The van der Waals surface area contributed by atoms with Gasteiger partial charge in [-0.3, -0.25) is 9.88 Å². The highest BCUT2D eigenvalue weighted by Gasteiger charge is 2.26. The largest absolute Gasteiger partial charge is 0.380 e. The Kier molecular flexibility index (Phi) is 3.90. The van der Waals surface area contributed by atoms with Gasteiger partial charge in [-0.2, -0.15) is 0 Å². The maximum absolute atomic E-state index is 6.22. The second-order valence-corrected chi connectivity index (χ2v) is 6.47. The Morgan fingerprint density at radius 2 is 1.96 bits per heavy atom. The van der Waals surface area contributed by atoms with Crippen molar-refractivity contribution in [2.75, 3.05) is 18.4 Å². The molecule has 23 heavy (non-hydrogen) atoms. The number of nitrogens with one attached hydrogen (secondary N) is 1. The van der Waals surface area contributed by atoms with Crippen LogP contribution < -0.4 is 5.32 Å².